The highest BCUT2D eigenvalue weighted by molar-refractivity contribution is 6.03. The van der Waals surface area contributed by atoms with Gasteiger partial charge >= 0.3 is 0 Å². The fraction of sp³-hybridized carbons (Fsp3) is 0.125. The summed E-state index contributed by atoms with van der Waals surface area (Å²) in [7, 11) is 0. The summed E-state index contributed by atoms with van der Waals surface area (Å²) >= 11 is 0. The van der Waals surface area contributed by atoms with Crippen molar-refractivity contribution < 1.29 is 9.59 Å². The van der Waals surface area contributed by atoms with Gasteiger partial charge in [0.1, 0.15) is 6.54 Å². The SMILES string of the molecule is Cc1ccc(CNC(=O)c2ccccc2NC(=O)Cn2nnc(-c3ccccc3)n2)cc1. The van der Waals surface area contributed by atoms with Crippen molar-refractivity contribution in [3.63, 3.8) is 0 Å². The molecule has 32 heavy (non-hydrogen) atoms. The van der Waals surface area contributed by atoms with Gasteiger partial charge in [0.25, 0.3) is 5.91 Å². The second-order valence-electron chi connectivity index (χ2n) is 7.27. The molecule has 0 bridgehead atoms. The van der Waals surface area contributed by atoms with Crippen molar-refractivity contribution in [2.75, 3.05) is 5.32 Å². The van der Waals surface area contributed by atoms with Crippen LogP contribution in [0.3, 0.4) is 0 Å². The van der Waals surface area contributed by atoms with E-state index < -0.39 is 0 Å². The van der Waals surface area contributed by atoms with Gasteiger partial charge in [-0.2, -0.15) is 4.80 Å². The Kier molecular flexibility index (Phi) is 6.31. The van der Waals surface area contributed by atoms with Crippen molar-refractivity contribution in [1.29, 1.82) is 0 Å². The van der Waals surface area contributed by atoms with E-state index in [9.17, 15) is 9.59 Å². The highest BCUT2D eigenvalue weighted by Gasteiger charge is 2.14. The number of aromatic nitrogens is 4. The molecule has 0 aliphatic carbocycles. The molecule has 1 aromatic heterocycles. The van der Waals surface area contributed by atoms with Crippen LogP contribution in [0.25, 0.3) is 11.4 Å². The molecular weight excluding hydrogens is 404 g/mol. The maximum Gasteiger partial charge on any atom is 0.253 e. The molecule has 8 heteroatoms. The second kappa shape index (κ2) is 9.65. The normalized spacial score (nSPS) is 10.5. The van der Waals surface area contributed by atoms with Crippen molar-refractivity contribution in [1.82, 2.24) is 25.5 Å². The summed E-state index contributed by atoms with van der Waals surface area (Å²) < 4.78 is 0. The van der Waals surface area contributed by atoms with Crippen LogP contribution in [0.5, 0.6) is 0 Å². The van der Waals surface area contributed by atoms with Crippen LogP contribution in [-0.4, -0.2) is 32.0 Å². The zero-order valence-electron chi connectivity index (χ0n) is 17.5. The maximum atomic E-state index is 12.7. The monoisotopic (exact) mass is 426 g/mol. The molecule has 0 atom stereocenters. The number of benzene rings is 3. The molecule has 2 N–H and O–H groups in total. The van der Waals surface area contributed by atoms with Gasteiger partial charge in [0.05, 0.1) is 11.3 Å². The smallest absolute Gasteiger partial charge is 0.253 e. The number of aryl methyl sites for hydroxylation is 1. The van der Waals surface area contributed by atoms with Gasteiger partial charge in [-0.3, -0.25) is 9.59 Å². The van der Waals surface area contributed by atoms with Gasteiger partial charge in [-0.1, -0.05) is 72.3 Å². The van der Waals surface area contributed by atoms with Crippen molar-refractivity contribution in [2.24, 2.45) is 0 Å². The average molecular weight is 426 g/mol. The maximum absolute atomic E-state index is 12.7. The minimum atomic E-state index is -0.360. The van der Waals surface area contributed by atoms with Crippen LogP contribution in [0.4, 0.5) is 5.69 Å². The largest absolute Gasteiger partial charge is 0.348 e. The summed E-state index contributed by atoms with van der Waals surface area (Å²) in [6, 6.07) is 24.2. The number of carbonyl (C=O) groups excluding carboxylic acids is 2. The van der Waals surface area contributed by atoms with Crippen LogP contribution < -0.4 is 10.6 Å². The number of rotatable bonds is 7. The topological polar surface area (TPSA) is 102 Å². The number of nitrogens with zero attached hydrogens (tertiary/aromatic N) is 4. The Bertz CT molecular complexity index is 1220. The Hall–Kier alpha value is -4.33. The van der Waals surface area contributed by atoms with E-state index in [-0.39, 0.29) is 18.4 Å². The molecule has 0 aliphatic heterocycles. The number of hydrogen-bond donors (Lipinski definition) is 2. The van der Waals surface area contributed by atoms with Crippen LogP contribution >= 0.6 is 0 Å². The van der Waals surface area contributed by atoms with Crippen molar-refractivity contribution in [2.45, 2.75) is 20.0 Å². The second-order valence-corrected chi connectivity index (χ2v) is 7.27. The molecular formula is C24H22N6O2. The van der Waals surface area contributed by atoms with Gasteiger partial charge in [0.2, 0.25) is 11.7 Å². The van der Waals surface area contributed by atoms with Gasteiger partial charge < -0.3 is 10.6 Å². The lowest BCUT2D eigenvalue weighted by molar-refractivity contribution is -0.117. The number of para-hydroxylation sites is 1. The standard InChI is InChI=1S/C24H22N6O2/c1-17-11-13-18(14-12-17)15-25-24(32)20-9-5-6-10-21(20)26-22(31)16-30-28-23(27-29-30)19-7-3-2-4-8-19/h2-14H,15-16H2,1H3,(H,25,32)(H,26,31). The molecule has 0 saturated carbocycles. The van der Waals surface area contributed by atoms with E-state index in [1.807, 2.05) is 61.5 Å². The minimum Gasteiger partial charge on any atom is -0.348 e. The molecule has 0 fully saturated rings. The summed E-state index contributed by atoms with van der Waals surface area (Å²) in [5.41, 5.74) is 3.77. The lowest BCUT2D eigenvalue weighted by Crippen LogP contribution is -2.26. The first kappa shape index (κ1) is 20.9. The number of amides is 2. The summed E-state index contributed by atoms with van der Waals surface area (Å²) in [5, 5.41) is 17.8. The first-order valence-electron chi connectivity index (χ1n) is 10.1. The van der Waals surface area contributed by atoms with Crippen LogP contribution in [0.1, 0.15) is 21.5 Å². The number of anilines is 1. The fourth-order valence-corrected chi connectivity index (χ4v) is 3.10. The molecule has 2 amide bonds. The number of hydrogen-bond acceptors (Lipinski definition) is 5. The predicted molar refractivity (Wildman–Crippen MR) is 121 cm³/mol. The third-order valence-electron chi connectivity index (χ3n) is 4.79. The molecule has 4 rings (SSSR count). The van der Waals surface area contributed by atoms with E-state index in [4.69, 9.17) is 0 Å². The van der Waals surface area contributed by atoms with Crippen LogP contribution in [0.2, 0.25) is 0 Å². The summed E-state index contributed by atoms with van der Waals surface area (Å²) in [6.07, 6.45) is 0. The summed E-state index contributed by atoms with van der Waals surface area (Å²) in [4.78, 5) is 26.5. The first-order valence-corrected chi connectivity index (χ1v) is 10.1. The molecule has 0 radical (unpaired) electrons. The lowest BCUT2D eigenvalue weighted by atomic mass is 10.1. The Balaban J connectivity index is 1.39. The Morgan fingerprint density at radius 2 is 1.62 bits per heavy atom. The Morgan fingerprint density at radius 1 is 0.906 bits per heavy atom. The van der Waals surface area contributed by atoms with Gasteiger partial charge in [0, 0.05) is 12.1 Å². The van der Waals surface area contributed by atoms with Crippen LogP contribution in [0, 0.1) is 6.92 Å². The predicted octanol–water partition coefficient (Wildman–Crippen LogP) is 3.22. The van der Waals surface area contributed by atoms with Crippen LogP contribution in [0.15, 0.2) is 78.9 Å². The quantitative estimate of drug-likeness (QED) is 0.472. The zero-order chi connectivity index (χ0) is 22.3. The summed E-state index contributed by atoms with van der Waals surface area (Å²) in [5.74, 6) is -0.193. The van der Waals surface area contributed by atoms with Crippen LogP contribution in [-0.2, 0) is 17.9 Å². The zero-order valence-corrected chi connectivity index (χ0v) is 17.5. The van der Waals surface area contributed by atoms with Gasteiger partial charge in [-0.05, 0) is 29.8 Å². The van der Waals surface area contributed by atoms with Gasteiger partial charge in [-0.25, -0.2) is 0 Å². The fourth-order valence-electron chi connectivity index (χ4n) is 3.10. The van der Waals surface area contributed by atoms with E-state index >= 15 is 0 Å². The number of tetrazole rings is 1. The van der Waals surface area contributed by atoms with Gasteiger partial charge in [0.15, 0.2) is 0 Å². The van der Waals surface area contributed by atoms with E-state index in [0.29, 0.717) is 23.6 Å². The molecule has 4 aromatic rings. The lowest BCUT2D eigenvalue weighted by Gasteiger charge is -2.11. The summed E-state index contributed by atoms with van der Waals surface area (Å²) in [6.45, 7) is 2.28. The Labute approximate surface area is 185 Å². The van der Waals surface area contributed by atoms with Crippen molar-refractivity contribution in [3.05, 3.63) is 95.6 Å². The van der Waals surface area contributed by atoms with Crippen molar-refractivity contribution >= 4 is 17.5 Å². The molecule has 0 aliphatic rings. The molecule has 3 aromatic carbocycles. The first-order chi connectivity index (χ1) is 15.6. The average Bonchev–Trinajstić information content (AvgIpc) is 3.28. The molecule has 0 unspecified atom stereocenters. The van der Waals surface area contributed by atoms with Crippen molar-refractivity contribution in [3.8, 4) is 11.4 Å². The van der Waals surface area contributed by atoms with E-state index in [2.05, 4.69) is 26.0 Å². The van der Waals surface area contributed by atoms with E-state index in [1.54, 1.807) is 24.3 Å². The number of nitrogens with one attached hydrogen (secondary N) is 2. The Morgan fingerprint density at radius 3 is 2.41 bits per heavy atom. The minimum absolute atomic E-state index is 0.126. The van der Waals surface area contributed by atoms with Gasteiger partial charge in [-0.15, -0.1) is 10.2 Å². The third-order valence-corrected chi connectivity index (χ3v) is 4.79. The molecule has 8 nitrogen and oxygen atoms in total. The third kappa shape index (κ3) is 5.23. The highest BCUT2D eigenvalue weighted by Crippen LogP contribution is 2.16. The van der Waals surface area contributed by atoms with E-state index in [1.165, 1.54) is 4.80 Å². The van der Waals surface area contributed by atoms with E-state index in [0.717, 1.165) is 16.7 Å². The molecule has 0 saturated heterocycles. The molecule has 1 heterocycles. The highest BCUT2D eigenvalue weighted by atomic mass is 16.2. The number of carbonyl (C=O) groups is 2. The molecule has 0 spiro atoms. The molecule has 160 valence electrons.